The second-order valence-electron chi connectivity index (χ2n) is 5.18. The van der Waals surface area contributed by atoms with Crippen molar-refractivity contribution in [2.75, 3.05) is 19.6 Å². The van der Waals surface area contributed by atoms with Crippen LogP contribution in [0.3, 0.4) is 0 Å². The van der Waals surface area contributed by atoms with Crippen LogP contribution in [0.15, 0.2) is 4.52 Å². The highest BCUT2D eigenvalue weighted by molar-refractivity contribution is 5.85. The molecule has 6 heteroatoms. The van der Waals surface area contributed by atoms with Crippen molar-refractivity contribution in [3.63, 3.8) is 0 Å². The molecule has 2 N–H and O–H groups in total. The number of nitrogens with zero attached hydrogens (tertiary/aromatic N) is 3. The smallest absolute Gasteiger partial charge is 0.226 e. The molecule has 1 aliphatic rings. The molecule has 0 aromatic carbocycles. The zero-order valence-electron chi connectivity index (χ0n) is 11.7. The van der Waals surface area contributed by atoms with Crippen molar-refractivity contribution in [2.24, 2.45) is 11.7 Å². The molecule has 0 saturated carbocycles. The van der Waals surface area contributed by atoms with Crippen molar-refractivity contribution < 1.29 is 4.52 Å². The number of likely N-dealkylation sites (tertiary alicyclic amines) is 1. The summed E-state index contributed by atoms with van der Waals surface area (Å²) < 4.78 is 5.21. The van der Waals surface area contributed by atoms with Gasteiger partial charge in [-0.3, -0.25) is 4.90 Å². The molecule has 0 spiro atoms. The predicted octanol–water partition coefficient (Wildman–Crippen LogP) is 2.00. The van der Waals surface area contributed by atoms with E-state index in [0.717, 1.165) is 63.1 Å². The Kier molecular flexibility index (Phi) is 7.34. The third-order valence-corrected chi connectivity index (χ3v) is 3.52. The van der Waals surface area contributed by atoms with E-state index in [1.54, 1.807) is 0 Å². The van der Waals surface area contributed by atoms with Crippen LogP contribution in [0.2, 0.25) is 0 Å². The Balaban J connectivity index is 0.00000180. The van der Waals surface area contributed by atoms with Crippen LogP contribution in [0.1, 0.15) is 44.3 Å². The molecule has 1 atom stereocenters. The Labute approximate surface area is 121 Å². The van der Waals surface area contributed by atoms with Crippen LogP contribution < -0.4 is 5.73 Å². The second-order valence-corrected chi connectivity index (χ2v) is 5.18. The SMILES string of the molecule is CCCc1nc(CN2CCCC(CCN)C2)no1.Cl. The van der Waals surface area contributed by atoms with E-state index < -0.39 is 0 Å². The van der Waals surface area contributed by atoms with Crippen LogP contribution in [0.25, 0.3) is 0 Å². The Bertz CT molecular complexity index is 356. The number of hydrogen-bond acceptors (Lipinski definition) is 5. The Hall–Kier alpha value is -0.650. The molecule has 0 amide bonds. The molecule has 2 heterocycles. The molecule has 1 aromatic rings. The van der Waals surface area contributed by atoms with E-state index in [1.807, 2.05) is 0 Å². The molecule has 0 aliphatic carbocycles. The first kappa shape index (κ1) is 16.4. The standard InChI is InChI=1S/C13H24N4O.ClH/c1-2-4-13-15-12(16-18-13)10-17-8-3-5-11(9-17)6-7-14;/h11H,2-10,14H2,1H3;1H. The summed E-state index contributed by atoms with van der Waals surface area (Å²) in [7, 11) is 0. The summed E-state index contributed by atoms with van der Waals surface area (Å²) in [4.78, 5) is 6.84. The number of piperidine rings is 1. The van der Waals surface area contributed by atoms with Gasteiger partial charge in [-0.05, 0) is 44.7 Å². The van der Waals surface area contributed by atoms with Crippen molar-refractivity contribution in [2.45, 2.75) is 45.6 Å². The lowest BCUT2D eigenvalue weighted by molar-refractivity contribution is 0.158. The van der Waals surface area contributed by atoms with Gasteiger partial charge in [-0.2, -0.15) is 4.98 Å². The fraction of sp³-hybridized carbons (Fsp3) is 0.846. The summed E-state index contributed by atoms with van der Waals surface area (Å²) in [5, 5.41) is 4.05. The molecule has 2 rings (SSSR count). The number of aryl methyl sites for hydroxylation is 1. The minimum atomic E-state index is 0. The number of rotatable bonds is 6. The Morgan fingerprint density at radius 2 is 2.32 bits per heavy atom. The van der Waals surface area contributed by atoms with Gasteiger partial charge in [-0.15, -0.1) is 12.4 Å². The van der Waals surface area contributed by atoms with Gasteiger partial charge in [0.25, 0.3) is 0 Å². The third kappa shape index (κ3) is 5.09. The zero-order chi connectivity index (χ0) is 12.8. The van der Waals surface area contributed by atoms with E-state index in [4.69, 9.17) is 10.3 Å². The summed E-state index contributed by atoms with van der Waals surface area (Å²) in [6.45, 7) is 5.98. The van der Waals surface area contributed by atoms with Gasteiger partial charge in [0.15, 0.2) is 5.82 Å². The topological polar surface area (TPSA) is 68.2 Å². The van der Waals surface area contributed by atoms with Crippen LogP contribution in [-0.4, -0.2) is 34.7 Å². The summed E-state index contributed by atoms with van der Waals surface area (Å²) in [6.07, 6.45) is 5.61. The van der Waals surface area contributed by atoms with Crippen LogP contribution in [-0.2, 0) is 13.0 Å². The molecule has 1 fully saturated rings. The van der Waals surface area contributed by atoms with Crippen LogP contribution in [0.4, 0.5) is 0 Å². The molecule has 1 unspecified atom stereocenters. The monoisotopic (exact) mass is 288 g/mol. The number of aromatic nitrogens is 2. The van der Waals surface area contributed by atoms with Gasteiger partial charge >= 0.3 is 0 Å². The van der Waals surface area contributed by atoms with Crippen molar-refractivity contribution in [3.8, 4) is 0 Å². The van der Waals surface area contributed by atoms with Crippen molar-refractivity contribution >= 4 is 12.4 Å². The van der Waals surface area contributed by atoms with E-state index in [-0.39, 0.29) is 12.4 Å². The fourth-order valence-corrected chi connectivity index (χ4v) is 2.64. The maximum Gasteiger partial charge on any atom is 0.226 e. The molecular weight excluding hydrogens is 264 g/mol. The van der Waals surface area contributed by atoms with Gasteiger partial charge in [0.2, 0.25) is 5.89 Å². The largest absolute Gasteiger partial charge is 0.339 e. The first-order valence-electron chi connectivity index (χ1n) is 7.05. The van der Waals surface area contributed by atoms with Gasteiger partial charge in [0, 0.05) is 13.0 Å². The Morgan fingerprint density at radius 3 is 3.05 bits per heavy atom. The third-order valence-electron chi connectivity index (χ3n) is 3.52. The lowest BCUT2D eigenvalue weighted by Gasteiger charge is -2.31. The summed E-state index contributed by atoms with van der Waals surface area (Å²) in [5.41, 5.74) is 5.64. The molecule has 5 nitrogen and oxygen atoms in total. The van der Waals surface area contributed by atoms with Crippen molar-refractivity contribution in [1.29, 1.82) is 0 Å². The number of halogens is 1. The lowest BCUT2D eigenvalue weighted by atomic mass is 9.95. The average molecular weight is 289 g/mol. The van der Waals surface area contributed by atoms with Gasteiger partial charge in [0.05, 0.1) is 6.54 Å². The van der Waals surface area contributed by atoms with Gasteiger partial charge in [0.1, 0.15) is 0 Å². The lowest BCUT2D eigenvalue weighted by Crippen LogP contribution is -2.35. The maximum absolute atomic E-state index is 5.64. The molecule has 19 heavy (non-hydrogen) atoms. The van der Waals surface area contributed by atoms with E-state index in [9.17, 15) is 0 Å². The Morgan fingerprint density at radius 1 is 1.47 bits per heavy atom. The average Bonchev–Trinajstić information content (AvgIpc) is 2.78. The zero-order valence-corrected chi connectivity index (χ0v) is 12.5. The molecule has 0 bridgehead atoms. The summed E-state index contributed by atoms with van der Waals surface area (Å²) in [6, 6.07) is 0. The van der Waals surface area contributed by atoms with Crippen molar-refractivity contribution in [1.82, 2.24) is 15.0 Å². The molecule has 0 radical (unpaired) electrons. The summed E-state index contributed by atoms with van der Waals surface area (Å²) >= 11 is 0. The predicted molar refractivity (Wildman–Crippen MR) is 77.2 cm³/mol. The highest BCUT2D eigenvalue weighted by Crippen LogP contribution is 2.20. The highest BCUT2D eigenvalue weighted by Gasteiger charge is 2.20. The van der Waals surface area contributed by atoms with E-state index >= 15 is 0 Å². The molecule has 1 aliphatic heterocycles. The first-order valence-corrected chi connectivity index (χ1v) is 7.05. The fourth-order valence-electron chi connectivity index (χ4n) is 2.64. The number of hydrogen-bond donors (Lipinski definition) is 1. The molecule has 110 valence electrons. The van der Waals surface area contributed by atoms with Gasteiger partial charge in [-0.1, -0.05) is 12.1 Å². The minimum Gasteiger partial charge on any atom is -0.339 e. The number of nitrogens with two attached hydrogens (primary N) is 1. The van der Waals surface area contributed by atoms with Crippen LogP contribution in [0, 0.1) is 5.92 Å². The minimum absolute atomic E-state index is 0. The normalized spacial score (nSPS) is 20.2. The summed E-state index contributed by atoms with van der Waals surface area (Å²) in [5.74, 6) is 2.33. The van der Waals surface area contributed by atoms with Crippen LogP contribution >= 0.6 is 12.4 Å². The molecule has 1 aromatic heterocycles. The molecular formula is C13H25ClN4O. The van der Waals surface area contributed by atoms with E-state index in [0.29, 0.717) is 0 Å². The van der Waals surface area contributed by atoms with E-state index in [2.05, 4.69) is 22.0 Å². The quantitative estimate of drug-likeness (QED) is 0.867. The van der Waals surface area contributed by atoms with Crippen molar-refractivity contribution in [3.05, 3.63) is 11.7 Å². The van der Waals surface area contributed by atoms with Crippen LogP contribution in [0.5, 0.6) is 0 Å². The first-order chi connectivity index (χ1) is 8.81. The maximum atomic E-state index is 5.64. The molecule has 1 saturated heterocycles. The van der Waals surface area contributed by atoms with Gasteiger partial charge < -0.3 is 10.3 Å². The second kappa shape index (κ2) is 8.51. The van der Waals surface area contributed by atoms with E-state index in [1.165, 1.54) is 12.8 Å². The van der Waals surface area contributed by atoms with Gasteiger partial charge in [-0.25, -0.2) is 0 Å². The highest BCUT2D eigenvalue weighted by atomic mass is 35.5.